The third kappa shape index (κ3) is 1.76. The van der Waals surface area contributed by atoms with Gasteiger partial charge in [-0.3, -0.25) is 10.1 Å². The summed E-state index contributed by atoms with van der Waals surface area (Å²) >= 11 is 0. The molecule has 1 aromatic heterocycles. The highest BCUT2D eigenvalue weighted by Gasteiger charge is 2.23. The van der Waals surface area contributed by atoms with Crippen molar-refractivity contribution in [2.24, 2.45) is 0 Å². The quantitative estimate of drug-likeness (QED) is 0.421. The SMILES string of the molecule is COC(=O)c1ncc(O)cc1[N+](=O)[O-]. The van der Waals surface area contributed by atoms with Crippen LogP contribution in [0, 0.1) is 10.1 Å². The van der Waals surface area contributed by atoms with Crippen molar-refractivity contribution in [3.05, 3.63) is 28.1 Å². The van der Waals surface area contributed by atoms with Crippen molar-refractivity contribution < 1.29 is 19.6 Å². The average molecular weight is 198 g/mol. The first-order chi connectivity index (χ1) is 6.56. The molecule has 0 aliphatic rings. The fourth-order valence-electron chi connectivity index (χ4n) is 0.836. The first-order valence-electron chi connectivity index (χ1n) is 3.48. The van der Waals surface area contributed by atoms with Crippen molar-refractivity contribution in [1.82, 2.24) is 4.98 Å². The van der Waals surface area contributed by atoms with Crippen molar-refractivity contribution >= 4 is 11.7 Å². The molecule has 0 unspecified atom stereocenters. The predicted molar refractivity (Wildman–Crippen MR) is 43.9 cm³/mol. The summed E-state index contributed by atoms with van der Waals surface area (Å²) in [7, 11) is 1.08. The molecule has 1 N–H and O–H groups in total. The van der Waals surface area contributed by atoms with E-state index in [0.29, 0.717) is 0 Å². The van der Waals surface area contributed by atoms with E-state index in [-0.39, 0.29) is 5.75 Å². The van der Waals surface area contributed by atoms with Crippen LogP contribution in [0.4, 0.5) is 5.69 Å². The van der Waals surface area contributed by atoms with Crippen LogP contribution < -0.4 is 0 Å². The third-order valence-corrected chi connectivity index (χ3v) is 1.43. The molecular formula is C7H6N2O5. The van der Waals surface area contributed by atoms with E-state index in [0.717, 1.165) is 19.4 Å². The number of nitrogens with zero attached hydrogens (tertiary/aromatic N) is 2. The number of carbonyl (C=O) groups excluding carboxylic acids is 1. The van der Waals surface area contributed by atoms with Crippen molar-refractivity contribution in [3.8, 4) is 5.75 Å². The van der Waals surface area contributed by atoms with Crippen LogP contribution in [0.2, 0.25) is 0 Å². The molecule has 74 valence electrons. The van der Waals surface area contributed by atoms with Crippen LogP contribution in [-0.4, -0.2) is 28.1 Å². The topological polar surface area (TPSA) is 103 Å². The summed E-state index contributed by atoms with van der Waals surface area (Å²) in [5.41, 5.74) is -1.02. The highest BCUT2D eigenvalue weighted by molar-refractivity contribution is 5.91. The summed E-state index contributed by atoms with van der Waals surface area (Å²) in [5.74, 6) is -1.30. The van der Waals surface area contributed by atoms with E-state index in [9.17, 15) is 14.9 Å². The Kier molecular flexibility index (Phi) is 2.61. The summed E-state index contributed by atoms with van der Waals surface area (Å²) in [5, 5.41) is 19.4. The largest absolute Gasteiger partial charge is 0.506 e. The standard InChI is InChI=1S/C7H6N2O5/c1-14-7(11)6-5(9(12)13)2-4(10)3-8-6/h2-3,10H,1H3. The number of esters is 1. The molecular weight excluding hydrogens is 192 g/mol. The van der Waals surface area contributed by atoms with E-state index in [1.807, 2.05) is 0 Å². The number of nitro groups is 1. The van der Waals surface area contributed by atoms with Crippen molar-refractivity contribution in [1.29, 1.82) is 0 Å². The molecule has 0 amide bonds. The summed E-state index contributed by atoms with van der Waals surface area (Å²) in [6.07, 6.45) is 0.930. The van der Waals surface area contributed by atoms with Crippen LogP contribution >= 0.6 is 0 Å². The Morgan fingerprint density at radius 3 is 2.86 bits per heavy atom. The van der Waals surface area contributed by atoms with Gasteiger partial charge in [0.05, 0.1) is 24.3 Å². The Morgan fingerprint density at radius 1 is 1.71 bits per heavy atom. The molecule has 0 saturated heterocycles. The van der Waals surface area contributed by atoms with Gasteiger partial charge in [-0.05, 0) is 0 Å². The lowest BCUT2D eigenvalue weighted by molar-refractivity contribution is -0.385. The summed E-state index contributed by atoms with van der Waals surface area (Å²) in [6.45, 7) is 0. The van der Waals surface area contributed by atoms with Crippen LogP contribution in [-0.2, 0) is 4.74 Å². The zero-order valence-corrected chi connectivity index (χ0v) is 7.13. The highest BCUT2D eigenvalue weighted by atomic mass is 16.6. The van der Waals surface area contributed by atoms with E-state index < -0.39 is 22.3 Å². The second-order valence-corrected chi connectivity index (χ2v) is 2.31. The van der Waals surface area contributed by atoms with Gasteiger partial charge in [0.25, 0.3) is 0 Å². The highest BCUT2D eigenvalue weighted by Crippen LogP contribution is 2.21. The number of hydrogen-bond donors (Lipinski definition) is 1. The molecule has 1 aromatic rings. The van der Waals surface area contributed by atoms with Gasteiger partial charge in [-0.2, -0.15) is 0 Å². The molecule has 0 aromatic carbocycles. The minimum absolute atomic E-state index is 0.385. The van der Waals surface area contributed by atoms with Crippen LogP contribution in [0.25, 0.3) is 0 Å². The molecule has 1 heterocycles. The Labute approximate surface area is 78.1 Å². The van der Waals surface area contributed by atoms with E-state index in [1.165, 1.54) is 0 Å². The van der Waals surface area contributed by atoms with E-state index in [2.05, 4.69) is 9.72 Å². The molecule has 14 heavy (non-hydrogen) atoms. The monoisotopic (exact) mass is 198 g/mol. The molecule has 7 heteroatoms. The van der Waals surface area contributed by atoms with Gasteiger partial charge in [0, 0.05) is 0 Å². The number of aromatic nitrogens is 1. The average Bonchev–Trinajstić information content (AvgIpc) is 2.16. The molecule has 0 fully saturated rings. The third-order valence-electron chi connectivity index (χ3n) is 1.43. The molecule has 0 atom stereocenters. The molecule has 1 rings (SSSR count). The Hall–Kier alpha value is -2.18. The minimum Gasteiger partial charge on any atom is -0.506 e. The number of rotatable bonds is 2. The first-order valence-corrected chi connectivity index (χ1v) is 3.48. The molecule has 0 bridgehead atoms. The lowest BCUT2D eigenvalue weighted by atomic mass is 10.3. The van der Waals surface area contributed by atoms with Crippen molar-refractivity contribution in [2.45, 2.75) is 0 Å². The number of carbonyl (C=O) groups is 1. The van der Waals surface area contributed by atoms with Gasteiger partial charge in [-0.15, -0.1) is 0 Å². The second-order valence-electron chi connectivity index (χ2n) is 2.31. The molecule has 7 nitrogen and oxygen atoms in total. The fourth-order valence-corrected chi connectivity index (χ4v) is 0.836. The minimum atomic E-state index is -0.920. The maximum absolute atomic E-state index is 11.0. The van der Waals surface area contributed by atoms with Crippen LogP contribution in [0.1, 0.15) is 10.5 Å². The van der Waals surface area contributed by atoms with Crippen LogP contribution in [0.15, 0.2) is 12.3 Å². The van der Waals surface area contributed by atoms with E-state index in [1.54, 1.807) is 0 Å². The van der Waals surface area contributed by atoms with Crippen molar-refractivity contribution in [2.75, 3.05) is 7.11 Å². The Morgan fingerprint density at radius 2 is 2.36 bits per heavy atom. The predicted octanol–water partition coefficient (Wildman–Crippen LogP) is 0.482. The van der Waals surface area contributed by atoms with Crippen LogP contribution in [0.5, 0.6) is 5.75 Å². The summed E-state index contributed by atoms with van der Waals surface area (Å²) in [4.78, 5) is 24.0. The smallest absolute Gasteiger partial charge is 0.363 e. The van der Waals surface area contributed by atoms with Gasteiger partial charge in [0.2, 0.25) is 5.69 Å². The Bertz CT molecular complexity index is 390. The van der Waals surface area contributed by atoms with Gasteiger partial charge in [-0.25, -0.2) is 9.78 Å². The maximum Gasteiger partial charge on any atom is 0.363 e. The first kappa shape index (κ1) is 9.90. The summed E-state index contributed by atoms with van der Waals surface area (Å²) < 4.78 is 4.28. The van der Waals surface area contributed by atoms with Gasteiger partial charge < -0.3 is 9.84 Å². The number of pyridine rings is 1. The molecule has 0 saturated carbocycles. The molecule has 0 aliphatic carbocycles. The molecule has 0 radical (unpaired) electrons. The number of ether oxygens (including phenoxy) is 1. The van der Waals surface area contributed by atoms with Crippen molar-refractivity contribution in [3.63, 3.8) is 0 Å². The number of hydrogen-bond acceptors (Lipinski definition) is 6. The lowest BCUT2D eigenvalue weighted by Gasteiger charge is -1.99. The van der Waals surface area contributed by atoms with Gasteiger partial charge >= 0.3 is 11.7 Å². The fraction of sp³-hybridized carbons (Fsp3) is 0.143. The summed E-state index contributed by atoms with van der Waals surface area (Å²) in [6, 6.07) is 0.833. The van der Waals surface area contributed by atoms with E-state index in [4.69, 9.17) is 5.11 Å². The van der Waals surface area contributed by atoms with Gasteiger partial charge in [0.15, 0.2) is 0 Å². The van der Waals surface area contributed by atoms with Gasteiger partial charge in [-0.1, -0.05) is 0 Å². The zero-order valence-electron chi connectivity index (χ0n) is 7.13. The number of methoxy groups -OCH3 is 1. The number of aromatic hydroxyl groups is 1. The van der Waals surface area contributed by atoms with E-state index >= 15 is 0 Å². The normalized spacial score (nSPS) is 9.50. The molecule has 0 aliphatic heterocycles. The van der Waals surface area contributed by atoms with Crippen LogP contribution in [0.3, 0.4) is 0 Å². The lowest BCUT2D eigenvalue weighted by Crippen LogP contribution is -2.07. The second kappa shape index (κ2) is 3.69. The molecule has 0 spiro atoms. The Balaban J connectivity index is 3.28. The van der Waals surface area contributed by atoms with Gasteiger partial charge in [0.1, 0.15) is 5.75 Å². The maximum atomic E-state index is 11.0. The zero-order chi connectivity index (χ0) is 10.7.